The summed E-state index contributed by atoms with van der Waals surface area (Å²) in [5.41, 5.74) is -1.80. The number of nitrogens with zero attached hydrogens (tertiary/aromatic N) is 2. The summed E-state index contributed by atoms with van der Waals surface area (Å²) in [6, 6.07) is 5.74. The van der Waals surface area contributed by atoms with Gasteiger partial charge in [-0.05, 0) is 36.0 Å². The van der Waals surface area contributed by atoms with Crippen molar-refractivity contribution in [2.75, 3.05) is 19.0 Å². The molecule has 2 aromatic rings. The Kier molecular flexibility index (Phi) is 6.81. The Hall–Kier alpha value is -4.07. The van der Waals surface area contributed by atoms with Crippen molar-refractivity contribution in [3.63, 3.8) is 0 Å². The number of nitrogens with one attached hydrogen (secondary N) is 1. The number of phenols is 1. The summed E-state index contributed by atoms with van der Waals surface area (Å²) in [4.78, 5) is 47.8. The molecule has 0 aliphatic carbocycles. The molecular weight excluding hydrogens is 483 g/mol. The minimum Gasteiger partial charge on any atom is -0.504 e. The van der Waals surface area contributed by atoms with E-state index in [1.807, 2.05) is 0 Å². The number of alkyl halides is 3. The predicted molar refractivity (Wildman–Crippen MR) is 114 cm³/mol. The third-order valence-corrected chi connectivity index (χ3v) is 5.36. The third-order valence-electron chi connectivity index (χ3n) is 4.46. The minimum atomic E-state index is -4.63. The monoisotopic (exact) mass is 497 g/mol. The summed E-state index contributed by atoms with van der Waals surface area (Å²) < 4.78 is 43.3. The lowest BCUT2D eigenvalue weighted by Crippen LogP contribution is -2.36. The number of hydrogen-bond donors (Lipinski definition) is 2. The van der Waals surface area contributed by atoms with Crippen molar-refractivity contribution in [1.29, 1.82) is 0 Å². The topological polar surface area (TPSA) is 139 Å². The van der Waals surface area contributed by atoms with Crippen LogP contribution in [0.15, 0.2) is 41.3 Å². The van der Waals surface area contributed by atoms with E-state index < -0.39 is 51.7 Å². The molecule has 2 aromatic carbocycles. The molecule has 0 bridgehead atoms. The number of hydrogen-bond acceptors (Lipinski definition) is 8. The number of carbonyl (C=O) groups is 3. The van der Waals surface area contributed by atoms with Crippen LogP contribution in [0.1, 0.15) is 11.1 Å². The number of phenolic OH excluding ortho intramolecular Hbond substituents is 1. The van der Waals surface area contributed by atoms with Gasteiger partial charge in [0.25, 0.3) is 16.8 Å². The SMILES string of the molecule is COc1cc([N+](=O)[O-])cc(/C=C2\SC(=O)N(CC(=O)Nc3cccc(C(F)(F)F)c3)C2=O)c1O. The molecule has 1 heterocycles. The van der Waals surface area contributed by atoms with Gasteiger partial charge in [-0.1, -0.05) is 6.07 Å². The smallest absolute Gasteiger partial charge is 0.416 e. The highest BCUT2D eigenvalue weighted by Gasteiger charge is 2.37. The number of thioether (sulfide) groups is 1. The molecule has 34 heavy (non-hydrogen) atoms. The summed E-state index contributed by atoms with van der Waals surface area (Å²) in [5, 5.41) is 22.6. The van der Waals surface area contributed by atoms with Gasteiger partial charge in [0.15, 0.2) is 11.5 Å². The molecular formula is C20H14F3N3O7S. The van der Waals surface area contributed by atoms with E-state index in [2.05, 4.69) is 5.32 Å². The fraction of sp³-hybridized carbons (Fsp3) is 0.150. The van der Waals surface area contributed by atoms with E-state index in [0.717, 1.165) is 30.3 Å². The van der Waals surface area contributed by atoms with Crippen molar-refractivity contribution >= 4 is 46.3 Å². The summed E-state index contributed by atoms with van der Waals surface area (Å²) in [5.74, 6) is -2.61. The lowest BCUT2D eigenvalue weighted by Gasteiger charge is -2.13. The number of halogens is 3. The second-order valence-corrected chi connectivity index (χ2v) is 7.73. The van der Waals surface area contributed by atoms with Gasteiger partial charge in [-0.2, -0.15) is 13.2 Å². The van der Waals surface area contributed by atoms with Crippen molar-refractivity contribution in [3.05, 3.63) is 62.5 Å². The zero-order valence-corrected chi connectivity index (χ0v) is 17.9. The van der Waals surface area contributed by atoms with E-state index in [9.17, 15) is 42.8 Å². The van der Waals surface area contributed by atoms with Gasteiger partial charge in [-0.15, -0.1) is 0 Å². The Labute approximate surface area is 193 Å². The van der Waals surface area contributed by atoms with Crippen LogP contribution in [-0.4, -0.2) is 45.6 Å². The molecule has 0 unspecified atom stereocenters. The molecule has 3 amide bonds. The number of amides is 3. The maximum absolute atomic E-state index is 12.8. The molecule has 0 radical (unpaired) electrons. The highest BCUT2D eigenvalue weighted by molar-refractivity contribution is 8.18. The van der Waals surface area contributed by atoms with Crippen LogP contribution in [-0.2, 0) is 15.8 Å². The van der Waals surface area contributed by atoms with E-state index in [0.29, 0.717) is 22.7 Å². The lowest BCUT2D eigenvalue weighted by molar-refractivity contribution is -0.385. The van der Waals surface area contributed by atoms with Gasteiger partial charge in [-0.3, -0.25) is 29.4 Å². The number of methoxy groups -OCH3 is 1. The van der Waals surface area contributed by atoms with Crippen molar-refractivity contribution < 1.29 is 42.3 Å². The summed E-state index contributed by atoms with van der Waals surface area (Å²) in [7, 11) is 1.17. The van der Waals surface area contributed by atoms with Gasteiger partial charge >= 0.3 is 6.18 Å². The van der Waals surface area contributed by atoms with Gasteiger partial charge in [0, 0.05) is 17.3 Å². The molecule has 0 atom stereocenters. The Morgan fingerprint density at radius 1 is 1.29 bits per heavy atom. The lowest BCUT2D eigenvalue weighted by atomic mass is 10.1. The number of anilines is 1. The van der Waals surface area contributed by atoms with E-state index in [1.165, 1.54) is 13.2 Å². The van der Waals surface area contributed by atoms with Gasteiger partial charge in [0.05, 0.1) is 28.6 Å². The molecule has 2 N–H and O–H groups in total. The molecule has 1 aliphatic heterocycles. The van der Waals surface area contributed by atoms with Crippen LogP contribution in [0.25, 0.3) is 6.08 Å². The average Bonchev–Trinajstić information content (AvgIpc) is 3.01. The van der Waals surface area contributed by atoms with Crippen LogP contribution < -0.4 is 10.1 Å². The van der Waals surface area contributed by atoms with Crippen LogP contribution >= 0.6 is 11.8 Å². The fourth-order valence-electron chi connectivity index (χ4n) is 2.88. The molecule has 0 saturated carbocycles. The van der Waals surface area contributed by atoms with Crippen LogP contribution in [0.4, 0.5) is 29.3 Å². The first-order chi connectivity index (χ1) is 15.9. The third kappa shape index (κ3) is 5.28. The van der Waals surface area contributed by atoms with E-state index >= 15 is 0 Å². The number of nitro benzene ring substituents is 1. The van der Waals surface area contributed by atoms with Gasteiger partial charge in [0.1, 0.15) is 6.54 Å². The van der Waals surface area contributed by atoms with Crippen LogP contribution in [0.2, 0.25) is 0 Å². The second kappa shape index (κ2) is 9.43. The summed E-state index contributed by atoms with van der Waals surface area (Å²) in [6.07, 6.45) is -3.60. The molecule has 10 nitrogen and oxygen atoms in total. The molecule has 178 valence electrons. The molecule has 3 rings (SSSR count). The Bertz CT molecular complexity index is 1230. The number of nitro groups is 1. The second-order valence-electron chi connectivity index (χ2n) is 6.74. The Balaban J connectivity index is 1.79. The van der Waals surface area contributed by atoms with Crippen molar-refractivity contribution in [1.82, 2.24) is 4.90 Å². The molecule has 0 aromatic heterocycles. The van der Waals surface area contributed by atoms with Crippen molar-refractivity contribution in [2.45, 2.75) is 6.18 Å². The number of non-ortho nitro benzene ring substituents is 1. The number of carbonyl (C=O) groups excluding carboxylic acids is 3. The number of imide groups is 1. The first kappa shape index (κ1) is 24.6. The maximum Gasteiger partial charge on any atom is 0.416 e. The number of benzene rings is 2. The van der Waals surface area contributed by atoms with Gasteiger partial charge in [-0.25, -0.2) is 0 Å². The van der Waals surface area contributed by atoms with Crippen molar-refractivity contribution in [2.24, 2.45) is 0 Å². The number of ether oxygens (including phenoxy) is 1. The molecule has 14 heteroatoms. The van der Waals surface area contributed by atoms with Gasteiger partial charge in [0.2, 0.25) is 5.91 Å². The molecule has 0 spiro atoms. The fourth-order valence-corrected chi connectivity index (χ4v) is 3.71. The standard InChI is InChI=1S/C20H14F3N3O7S/c1-33-14-8-13(26(31)32)5-10(17(14)28)6-15-18(29)25(19(30)34-15)9-16(27)24-12-4-2-3-11(7-12)20(21,22)23/h2-8,28H,9H2,1H3,(H,24,27)/b15-6-. The molecule has 1 aliphatic rings. The number of aromatic hydroxyl groups is 1. The largest absolute Gasteiger partial charge is 0.504 e. The Morgan fingerprint density at radius 3 is 2.62 bits per heavy atom. The van der Waals surface area contributed by atoms with Crippen molar-refractivity contribution in [3.8, 4) is 11.5 Å². The zero-order valence-electron chi connectivity index (χ0n) is 17.1. The van der Waals surface area contributed by atoms with Gasteiger partial charge < -0.3 is 15.2 Å². The Morgan fingerprint density at radius 2 is 2.00 bits per heavy atom. The first-order valence-electron chi connectivity index (χ1n) is 9.18. The van der Waals surface area contributed by atoms with E-state index in [-0.39, 0.29) is 21.9 Å². The zero-order chi connectivity index (χ0) is 25.2. The highest BCUT2D eigenvalue weighted by Crippen LogP contribution is 2.39. The maximum atomic E-state index is 12.8. The van der Waals surface area contributed by atoms with E-state index in [1.54, 1.807) is 0 Å². The van der Waals surface area contributed by atoms with Crippen LogP contribution in [0.5, 0.6) is 11.5 Å². The average molecular weight is 497 g/mol. The minimum absolute atomic E-state index is 0.176. The summed E-state index contributed by atoms with van der Waals surface area (Å²) >= 11 is 0.415. The highest BCUT2D eigenvalue weighted by atomic mass is 32.2. The number of rotatable bonds is 6. The predicted octanol–water partition coefficient (Wildman–Crippen LogP) is 4.00. The molecule has 1 fully saturated rings. The quantitative estimate of drug-likeness (QED) is 0.347. The normalized spacial score (nSPS) is 15.1. The van der Waals surface area contributed by atoms with E-state index in [4.69, 9.17) is 4.74 Å². The summed E-state index contributed by atoms with van der Waals surface area (Å²) in [6.45, 7) is -0.789. The van der Waals surface area contributed by atoms with Crippen LogP contribution in [0, 0.1) is 10.1 Å². The first-order valence-corrected chi connectivity index (χ1v) is 10.00. The van der Waals surface area contributed by atoms with Crippen LogP contribution in [0.3, 0.4) is 0 Å². The molecule has 1 saturated heterocycles.